The van der Waals surface area contributed by atoms with Crippen LogP contribution < -0.4 is 0 Å². The zero-order valence-electron chi connectivity index (χ0n) is 10.9. The van der Waals surface area contributed by atoms with Gasteiger partial charge in [-0.05, 0) is 12.8 Å². The van der Waals surface area contributed by atoms with Crippen LogP contribution in [0, 0.1) is 0 Å². The molecule has 0 aliphatic heterocycles. The van der Waals surface area contributed by atoms with Crippen LogP contribution in [0.4, 0.5) is 0 Å². The third-order valence-corrected chi connectivity index (χ3v) is 5.80. The summed E-state index contributed by atoms with van der Waals surface area (Å²) in [4.78, 5) is 21.6. The molecule has 0 unspecified atom stereocenters. The van der Waals surface area contributed by atoms with Crippen molar-refractivity contribution in [3.05, 3.63) is 0 Å². The first-order valence-corrected chi connectivity index (χ1v) is 9.49. The smallest absolute Gasteiger partial charge is 0.331 e. The van der Waals surface area contributed by atoms with Crippen LogP contribution in [0.25, 0.3) is 0 Å². The molecule has 0 atom stereocenters. The minimum atomic E-state index is -1.01. The number of carboxylic acid groups (broad SMARTS) is 2. The van der Waals surface area contributed by atoms with E-state index in [9.17, 15) is 9.59 Å². The molecular formula is C12H18Br4O4. The SMILES string of the molecule is O=C(O)C(Br)(Br)CCCCCCCCC(Br)(Br)C(=O)O. The highest BCUT2D eigenvalue weighted by molar-refractivity contribution is 9.26. The summed E-state index contributed by atoms with van der Waals surface area (Å²) in [6.45, 7) is 0. The predicted octanol–water partition coefficient (Wildman–Crippen LogP) is 5.25. The van der Waals surface area contributed by atoms with E-state index >= 15 is 0 Å². The molecular weight excluding hydrogens is 528 g/mol. The number of rotatable bonds is 11. The second kappa shape index (κ2) is 9.79. The van der Waals surface area contributed by atoms with E-state index in [0.29, 0.717) is 12.8 Å². The Bertz CT molecular complexity index is 299. The maximum absolute atomic E-state index is 10.8. The number of halogens is 4. The Balaban J connectivity index is 3.56. The maximum Gasteiger partial charge on any atom is 0.331 e. The molecule has 0 saturated heterocycles. The monoisotopic (exact) mass is 542 g/mol. The highest BCUT2D eigenvalue weighted by atomic mass is 79.9. The summed E-state index contributed by atoms with van der Waals surface area (Å²) in [5.74, 6) is -1.81. The fraction of sp³-hybridized carbons (Fsp3) is 0.833. The quantitative estimate of drug-likeness (QED) is 0.275. The van der Waals surface area contributed by atoms with Gasteiger partial charge in [0.1, 0.15) is 0 Å². The van der Waals surface area contributed by atoms with Crippen molar-refractivity contribution in [2.75, 3.05) is 0 Å². The van der Waals surface area contributed by atoms with Crippen molar-refractivity contribution in [3.63, 3.8) is 0 Å². The molecule has 4 nitrogen and oxygen atoms in total. The van der Waals surface area contributed by atoms with E-state index in [2.05, 4.69) is 63.7 Å². The van der Waals surface area contributed by atoms with Gasteiger partial charge in [0.15, 0.2) is 6.47 Å². The minimum absolute atomic E-state index is 0.535. The summed E-state index contributed by atoms with van der Waals surface area (Å²) in [6, 6.07) is 0. The van der Waals surface area contributed by atoms with Gasteiger partial charge < -0.3 is 10.2 Å². The first kappa shape index (κ1) is 20.9. The third-order valence-electron chi connectivity index (χ3n) is 2.86. The van der Waals surface area contributed by atoms with Crippen molar-refractivity contribution < 1.29 is 19.8 Å². The number of aliphatic carboxylic acids is 2. The molecule has 0 heterocycles. The largest absolute Gasteiger partial charge is 0.480 e. The van der Waals surface area contributed by atoms with Gasteiger partial charge in [-0.2, -0.15) is 0 Å². The molecule has 118 valence electrons. The summed E-state index contributed by atoms with van der Waals surface area (Å²) in [5.41, 5.74) is 0. The number of hydrogen-bond acceptors (Lipinski definition) is 2. The van der Waals surface area contributed by atoms with E-state index in [1.54, 1.807) is 0 Å². The molecule has 0 amide bonds. The van der Waals surface area contributed by atoms with Gasteiger partial charge in [0, 0.05) is 0 Å². The lowest BCUT2D eigenvalue weighted by Crippen LogP contribution is -2.23. The number of carboxylic acids is 2. The standard InChI is InChI=1S/C12H18Br4O4/c13-11(14,9(17)18)7-5-3-1-2-4-6-8-12(15,16)10(19)20/h1-8H2,(H,17,18)(H,19,20). The average molecular weight is 546 g/mol. The van der Waals surface area contributed by atoms with Crippen LogP contribution in [0.5, 0.6) is 0 Å². The van der Waals surface area contributed by atoms with Gasteiger partial charge in [-0.1, -0.05) is 102 Å². The van der Waals surface area contributed by atoms with Gasteiger partial charge in [0.2, 0.25) is 0 Å². The van der Waals surface area contributed by atoms with Gasteiger partial charge in [0.05, 0.1) is 0 Å². The molecule has 0 aromatic carbocycles. The molecule has 0 aliphatic rings. The minimum Gasteiger partial charge on any atom is -0.480 e. The van der Waals surface area contributed by atoms with Gasteiger partial charge in [-0.25, -0.2) is 9.59 Å². The summed E-state index contributed by atoms with van der Waals surface area (Å²) >= 11 is 12.5. The topological polar surface area (TPSA) is 74.6 Å². The molecule has 0 spiro atoms. The number of hydrogen-bond donors (Lipinski definition) is 2. The number of unbranched alkanes of at least 4 members (excludes halogenated alkanes) is 5. The van der Waals surface area contributed by atoms with Crippen LogP contribution in [0.1, 0.15) is 51.4 Å². The van der Waals surface area contributed by atoms with Crippen molar-refractivity contribution in [3.8, 4) is 0 Å². The number of alkyl halides is 4. The maximum atomic E-state index is 10.8. The van der Waals surface area contributed by atoms with E-state index in [0.717, 1.165) is 38.5 Å². The second-order valence-corrected chi connectivity index (χ2v) is 12.2. The number of carbonyl (C=O) groups is 2. The van der Waals surface area contributed by atoms with Crippen molar-refractivity contribution >= 4 is 75.7 Å². The van der Waals surface area contributed by atoms with E-state index in [4.69, 9.17) is 10.2 Å². The second-order valence-electron chi connectivity index (χ2n) is 4.64. The Morgan fingerprint density at radius 2 is 0.900 bits per heavy atom. The van der Waals surface area contributed by atoms with E-state index < -0.39 is 18.4 Å². The molecule has 0 fully saturated rings. The molecule has 0 aromatic rings. The van der Waals surface area contributed by atoms with Crippen molar-refractivity contribution in [2.45, 2.75) is 57.8 Å². The Morgan fingerprint density at radius 3 is 1.15 bits per heavy atom. The van der Waals surface area contributed by atoms with Gasteiger partial charge in [-0.3, -0.25) is 0 Å². The molecule has 20 heavy (non-hydrogen) atoms. The third kappa shape index (κ3) is 9.00. The van der Waals surface area contributed by atoms with Crippen molar-refractivity contribution in [2.24, 2.45) is 0 Å². The molecule has 0 aliphatic carbocycles. The Morgan fingerprint density at radius 1 is 0.650 bits per heavy atom. The highest BCUT2D eigenvalue weighted by Gasteiger charge is 2.31. The van der Waals surface area contributed by atoms with Gasteiger partial charge in [0.25, 0.3) is 0 Å². The molecule has 0 saturated carbocycles. The highest BCUT2D eigenvalue weighted by Crippen LogP contribution is 2.34. The van der Waals surface area contributed by atoms with Crippen LogP contribution in [-0.2, 0) is 9.59 Å². The first-order chi connectivity index (χ1) is 9.09. The summed E-state index contributed by atoms with van der Waals surface area (Å²) in [5, 5.41) is 17.8. The van der Waals surface area contributed by atoms with Crippen LogP contribution >= 0.6 is 63.7 Å². The lowest BCUT2D eigenvalue weighted by atomic mass is 10.1. The Kier molecular flexibility index (Phi) is 10.2. The Labute approximate surface area is 152 Å². The molecule has 0 rings (SSSR count). The Hall–Kier alpha value is 0.860. The van der Waals surface area contributed by atoms with Crippen LogP contribution in [0.2, 0.25) is 0 Å². The van der Waals surface area contributed by atoms with E-state index in [-0.39, 0.29) is 0 Å². The molecule has 0 aromatic heterocycles. The summed E-state index contributed by atoms with van der Waals surface area (Å²) in [6.07, 6.45) is 6.73. The van der Waals surface area contributed by atoms with E-state index in [1.807, 2.05) is 0 Å². The van der Waals surface area contributed by atoms with Crippen molar-refractivity contribution in [1.29, 1.82) is 0 Å². The fourth-order valence-corrected chi connectivity index (χ4v) is 2.74. The zero-order chi connectivity index (χ0) is 15.8. The molecule has 2 N–H and O–H groups in total. The van der Waals surface area contributed by atoms with Crippen molar-refractivity contribution in [1.82, 2.24) is 0 Å². The first-order valence-electron chi connectivity index (χ1n) is 6.32. The zero-order valence-corrected chi connectivity index (χ0v) is 17.2. The molecule has 0 radical (unpaired) electrons. The summed E-state index contributed by atoms with van der Waals surface area (Å²) < 4.78 is -2.01. The lowest BCUT2D eigenvalue weighted by molar-refractivity contribution is -0.138. The average Bonchev–Trinajstić information content (AvgIpc) is 2.31. The molecule has 8 heteroatoms. The van der Waals surface area contributed by atoms with Gasteiger partial charge in [-0.15, -0.1) is 0 Å². The van der Waals surface area contributed by atoms with Crippen LogP contribution in [0.3, 0.4) is 0 Å². The normalized spacial score (nSPS) is 12.4. The molecule has 0 bridgehead atoms. The fourth-order valence-electron chi connectivity index (χ4n) is 1.62. The van der Waals surface area contributed by atoms with Crippen LogP contribution in [-0.4, -0.2) is 28.6 Å². The predicted molar refractivity (Wildman–Crippen MR) is 93.4 cm³/mol. The van der Waals surface area contributed by atoms with Crippen LogP contribution in [0.15, 0.2) is 0 Å². The lowest BCUT2D eigenvalue weighted by Gasteiger charge is -2.15. The van der Waals surface area contributed by atoms with E-state index in [1.165, 1.54) is 0 Å². The summed E-state index contributed by atoms with van der Waals surface area (Å²) in [7, 11) is 0. The van der Waals surface area contributed by atoms with Gasteiger partial charge >= 0.3 is 11.9 Å².